The highest BCUT2D eigenvalue weighted by Crippen LogP contribution is 2.25. The Morgan fingerprint density at radius 1 is 1.32 bits per heavy atom. The van der Waals surface area contributed by atoms with Crippen LogP contribution in [0.3, 0.4) is 0 Å². The lowest BCUT2D eigenvalue weighted by Crippen LogP contribution is -2.30. The fraction of sp³-hybridized carbons (Fsp3) is 0.462. The molecule has 3 heterocycles. The van der Waals surface area contributed by atoms with Crippen molar-refractivity contribution < 1.29 is 32.6 Å². The molecule has 134 valence electrons. The standard InChI is InChI=1S/C13H12F3N5O4/c14-13(15,16)12(24)20-9-8-10(18-4-17-9)21(5-19-8)3-6-1-2-7(25-6)11(22)23/h4-7H,1-3H2,(H,22,23)(H,17,18,20,24)/t6-,7+/m1/s1. The summed E-state index contributed by atoms with van der Waals surface area (Å²) in [6.07, 6.45) is -3.11. The minimum atomic E-state index is -5.05. The maximum atomic E-state index is 12.4. The second-order valence-corrected chi connectivity index (χ2v) is 5.41. The van der Waals surface area contributed by atoms with Crippen LogP contribution in [0.5, 0.6) is 0 Å². The van der Waals surface area contributed by atoms with Gasteiger partial charge in [-0.05, 0) is 12.8 Å². The van der Waals surface area contributed by atoms with Crippen LogP contribution >= 0.6 is 0 Å². The van der Waals surface area contributed by atoms with Gasteiger partial charge in [0.05, 0.1) is 19.0 Å². The van der Waals surface area contributed by atoms with E-state index in [-0.39, 0.29) is 29.6 Å². The fourth-order valence-corrected chi connectivity index (χ4v) is 2.53. The van der Waals surface area contributed by atoms with Gasteiger partial charge in [0.25, 0.3) is 0 Å². The van der Waals surface area contributed by atoms with Crippen LogP contribution in [-0.4, -0.2) is 54.9 Å². The molecule has 1 fully saturated rings. The average Bonchev–Trinajstić information content (AvgIpc) is 3.15. The fourth-order valence-electron chi connectivity index (χ4n) is 2.53. The number of aliphatic carboxylic acids is 1. The molecule has 12 heteroatoms. The number of imidazole rings is 1. The number of hydrogen-bond acceptors (Lipinski definition) is 6. The van der Waals surface area contributed by atoms with Gasteiger partial charge in [-0.15, -0.1) is 0 Å². The first-order valence-electron chi connectivity index (χ1n) is 7.18. The van der Waals surface area contributed by atoms with Crippen molar-refractivity contribution in [2.45, 2.75) is 37.8 Å². The number of carbonyl (C=O) groups is 2. The number of carbonyl (C=O) groups excluding carboxylic acids is 1. The maximum Gasteiger partial charge on any atom is 0.471 e. The molecule has 2 aromatic rings. The van der Waals surface area contributed by atoms with Crippen molar-refractivity contribution in [2.24, 2.45) is 0 Å². The Balaban J connectivity index is 1.79. The number of hydrogen-bond donors (Lipinski definition) is 2. The largest absolute Gasteiger partial charge is 0.479 e. The van der Waals surface area contributed by atoms with E-state index in [1.165, 1.54) is 10.9 Å². The summed E-state index contributed by atoms with van der Waals surface area (Å²) < 4.78 is 44.0. The van der Waals surface area contributed by atoms with Gasteiger partial charge in [0, 0.05) is 0 Å². The Kier molecular flexibility index (Phi) is 4.29. The Morgan fingerprint density at radius 2 is 2.08 bits per heavy atom. The zero-order valence-electron chi connectivity index (χ0n) is 12.5. The number of nitrogens with one attached hydrogen (secondary N) is 1. The number of aromatic nitrogens is 4. The number of amides is 1. The SMILES string of the molecule is O=C(O)[C@@H]1CC[C@H](Cn2cnc3c(NC(=O)C(F)(F)F)ncnc32)O1. The third kappa shape index (κ3) is 3.52. The predicted molar refractivity (Wildman–Crippen MR) is 75.5 cm³/mol. The van der Waals surface area contributed by atoms with Gasteiger partial charge in [-0.3, -0.25) is 4.79 Å². The lowest BCUT2D eigenvalue weighted by molar-refractivity contribution is -0.167. The van der Waals surface area contributed by atoms with Gasteiger partial charge in [-0.1, -0.05) is 0 Å². The monoisotopic (exact) mass is 359 g/mol. The topological polar surface area (TPSA) is 119 Å². The number of alkyl halides is 3. The number of fused-ring (bicyclic) bond motifs is 1. The van der Waals surface area contributed by atoms with Crippen molar-refractivity contribution in [2.75, 3.05) is 5.32 Å². The summed E-state index contributed by atoms with van der Waals surface area (Å²) >= 11 is 0. The van der Waals surface area contributed by atoms with Crippen molar-refractivity contribution in [1.82, 2.24) is 19.5 Å². The molecule has 0 radical (unpaired) electrons. The first-order valence-corrected chi connectivity index (χ1v) is 7.18. The Morgan fingerprint density at radius 3 is 2.72 bits per heavy atom. The van der Waals surface area contributed by atoms with E-state index in [1.807, 2.05) is 0 Å². The first-order chi connectivity index (χ1) is 11.8. The Labute approximate surface area is 137 Å². The molecule has 2 atom stereocenters. The number of halogens is 3. The number of rotatable bonds is 4. The summed E-state index contributed by atoms with van der Waals surface area (Å²) in [6, 6.07) is 0. The van der Waals surface area contributed by atoms with Gasteiger partial charge in [0.15, 0.2) is 23.1 Å². The number of nitrogens with zero attached hydrogens (tertiary/aromatic N) is 4. The summed E-state index contributed by atoms with van der Waals surface area (Å²) in [5.74, 6) is -3.57. The van der Waals surface area contributed by atoms with Crippen LogP contribution in [-0.2, 0) is 20.9 Å². The molecular weight excluding hydrogens is 347 g/mol. The molecule has 0 spiro atoms. The van der Waals surface area contributed by atoms with Crippen LogP contribution in [0.15, 0.2) is 12.7 Å². The van der Waals surface area contributed by atoms with E-state index in [1.54, 1.807) is 5.32 Å². The molecular formula is C13H12F3N5O4. The predicted octanol–water partition coefficient (Wildman–Crippen LogP) is 0.959. The molecule has 2 N–H and O–H groups in total. The molecule has 0 bridgehead atoms. The molecule has 0 unspecified atom stereocenters. The van der Waals surface area contributed by atoms with E-state index in [4.69, 9.17) is 9.84 Å². The van der Waals surface area contributed by atoms with E-state index < -0.39 is 24.2 Å². The minimum Gasteiger partial charge on any atom is -0.479 e. The van der Waals surface area contributed by atoms with Crippen LogP contribution in [0, 0.1) is 0 Å². The zero-order valence-corrected chi connectivity index (χ0v) is 12.5. The van der Waals surface area contributed by atoms with Crippen LogP contribution in [0.25, 0.3) is 11.2 Å². The van der Waals surface area contributed by atoms with Gasteiger partial charge in [0.2, 0.25) is 0 Å². The third-order valence-corrected chi connectivity index (χ3v) is 3.67. The van der Waals surface area contributed by atoms with E-state index in [9.17, 15) is 22.8 Å². The molecule has 25 heavy (non-hydrogen) atoms. The van der Waals surface area contributed by atoms with Crippen molar-refractivity contribution in [3.05, 3.63) is 12.7 Å². The van der Waals surface area contributed by atoms with E-state index in [0.29, 0.717) is 12.8 Å². The van der Waals surface area contributed by atoms with Crippen molar-refractivity contribution in [3.63, 3.8) is 0 Å². The number of ether oxygens (including phenoxy) is 1. The summed E-state index contributed by atoms with van der Waals surface area (Å²) in [7, 11) is 0. The van der Waals surface area contributed by atoms with Crippen molar-refractivity contribution >= 4 is 28.9 Å². The number of anilines is 1. The molecule has 1 aliphatic rings. The normalized spacial score (nSPS) is 20.8. The molecule has 2 aromatic heterocycles. The van der Waals surface area contributed by atoms with Crippen LogP contribution in [0.4, 0.5) is 19.0 Å². The van der Waals surface area contributed by atoms with E-state index in [2.05, 4.69) is 15.0 Å². The minimum absolute atomic E-state index is 0.00659. The lowest BCUT2D eigenvalue weighted by atomic mass is 10.2. The van der Waals surface area contributed by atoms with Gasteiger partial charge in [-0.2, -0.15) is 13.2 Å². The highest BCUT2D eigenvalue weighted by Gasteiger charge is 2.39. The quantitative estimate of drug-likeness (QED) is 0.834. The Bertz CT molecular complexity index is 822. The molecule has 0 aliphatic carbocycles. The lowest BCUT2D eigenvalue weighted by Gasteiger charge is -2.12. The molecule has 0 saturated carbocycles. The van der Waals surface area contributed by atoms with Crippen molar-refractivity contribution in [1.29, 1.82) is 0 Å². The molecule has 1 saturated heterocycles. The summed E-state index contributed by atoms with van der Waals surface area (Å²) in [6.45, 7) is 0.226. The molecule has 0 aromatic carbocycles. The second kappa shape index (κ2) is 6.27. The molecule has 3 rings (SSSR count). The van der Waals surface area contributed by atoms with Gasteiger partial charge in [0.1, 0.15) is 6.33 Å². The van der Waals surface area contributed by atoms with Gasteiger partial charge in [-0.25, -0.2) is 19.7 Å². The molecule has 1 aliphatic heterocycles. The maximum absolute atomic E-state index is 12.4. The summed E-state index contributed by atoms with van der Waals surface area (Å²) in [5, 5.41) is 10.6. The number of carboxylic acid groups (broad SMARTS) is 1. The van der Waals surface area contributed by atoms with E-state index >= 15 is 0 Å². The highest BCUT2D eigenvalue weighted by atomic mass is 19.4. The molecule has 1 amide bonds. The van der Waals surface area contributed by atoms with Crippen LogP contribution in [0.2, 0.25) is 0 Å². The number of carboxylic acids is 1. The molecule has 9 nitrogen and oxygen atoms in total. The van der Waals surface area contributed by atoms with Crippen molar-refractivity contribution in [3.8, 4) is 0 Å². The second-order valence-electron chi connectivity index (χ2n) is 5.41. The van der Waals surface area contributed by atoms with Crippen LogP contribution < -0.4 is 5.32 Å². The summed E-state index contributed by atoms with van der Waals surface area (Å²) in [5.41, 5.74) is 0.197. The average molecular weight is 359 g/mol. The summed E-state index contributed by atoms with van der Waals surface area (Å²) in [4.78, 5) is 33.4. The Hall–Kier alpha value is -2.76. The van der Waals surface area contributed by atoms with Gasteiger partial charge >= 0.3 is 18.1 Å². The third-order valence-electron chi connectivity index (χ3n) is 3.67. The zero-order chi connectivity index (χ0) is 18.2. The first kappa shape index (κ1) is 17.1. The van der Waals surface area contributed by atoms with Crippen LogP contribution in [0.1, 0.15) is 12.8 Å². The highest BCUT2D eigenvalue weighted by molar-refractivity contribution is 5.99. The smallest absolute Gasteiger partial charge is 0.471 e. The van der Waals surface area contributed by atoms with E-state index in [0.717, 1.165) is 6.33 Å². The van der Waals surface area contributed by atoms with Gasteiger partial charge < -0.3 is 19.7 Å².